The molecule has 37 heavy (non-hydrogen) atoms. The van der Waals surface area contributed by atoms with Gasteiger partial charge in [0.2, 0.25) is 0 Å². The minimum Gasteiger partial charge on any atom is -0.292 e. The molecule has 0 atom stereocenters. The summed E-state index contributed by atoms with van der Waals surface area (Å²) in [5.74, 6) is 0.796. The standard InChI is InChI=1S/C31H19N3O2S/c35-34(36)25-17-9-7-15-22(25)24-19-27-28(23-16-8-10-18-26(23)37-27)30-29(24)32-31(20-11-3-1-4-12-20)33(30)21-13-5-2-6-14-21/h1-19H. The van der Waals surface area contributed by atoms with Crippen LogP contribution in [-0.4, -0.2) is 14.5 Å². The van der Waals surface area contributed by atoms with E-state index in [1.807, 2.05) is 66.7 Å². The van der Waals surface area contributed by atoms with Gasteiger partial charge in [-0.1, -0.05) is 78.9 Å². The van der Waals surface area contributed by atoms with Crippen molar-refractivity contribution in [3.8, 4) is 28.2 Å². The summed E-state index contributed by atoms with van der Waals surface area (Å²) in [4.78, 5) is 16.9. The van der Waals surface area contributed by atoms with E-state index in [4.69, 9.17) is 4.98 Å². The molecule has 7 rings (SSSR count). The summed E-state index contributed by atoms with van der Waals surface area (Å²) in [6.45, 7) is 0. The molecule has 0 spiro atoms. The van der Waals surface area contributed by atoms with Gasteiger partial charge in [0, 0.05) is 43.1 Å². The van der Waals surface area contributed by atoms with E-state index in [1.54, 1.807) is 23.5 Å². The minimum atomic E-state index is -0.317. The molecular formula is C31H19N3O2S. The second kappa shape index (κ2) is 8.40. The molecule has 0 N–H and O–H groups in total. The predicted octanol–water partition coefficient (Wildman–Crippen LogP) is 8.64. The van der Waals surface area contributed by atoms with Gasteiger partial charge in [0.15, 0.2) is 0 Å². The van der Waals surface area contributed by atoms with E-state index < -0.39 is 0 Å². The predicted molar refractivity (Wildman–Crippen MR) is 151 cm³/mol. The van der Waals surface area contributed by atoms with Gasteiger partial charge in [0.25, 0.3) is 5.69 Å². The molecule has 0 saturated heterocycles. The summed E-state index contributed by atoms with van der Waals surface area (Å²) < 4.78 is 4.43. The molecule has 0 unspecified atom stereocenters. The lowest BCUT2D eigenvalue weighted by Gasteiger charge is -2.11. The molecule has 0 aliphatic carbocycles. The summed E-state index contributed by atoms with van der Waals surface area (Å²) >= 11 is 1.70. The third-order valence-electron chi connectivity index (χ3n) is 6.70. The van der Waals surface area contributed by atoms with Gasteiger partial charge in [-0.05, 0) is 30.3 Å². The number of imidazole rings is 1. The molecule has 5 nitrogen and oxygen atoms in total. The first-order valence-electron chi connectivity index (χ1n) is 11.9. The number of benzene rings is 5. The summed E-state index contributed by atoms with van der Waals surface area (Å²) in [7, 11) is 0. The molecule has 176 valence electrons. The van der Waals surface area contributed by atoms with Crippen molar-refractivity contribution in [3.63, 3.8) is 0 Å². The van der Waals surface area contributed by atoms with Gasteiger partial charge in [-0.15, -0.1) is 11.3 Å². The van der Waals surface area contributed by atoms with Crippen LogP contribution in [-0.2, 0) is 0 Å². The average Bonchev–Trinajstić information content (AvgIpc) is 3.52. The number of nitro benzene ring substituents is 1. The van der Waals surface area contributed by atoms with Crippen LogP contribution in [0.1, 0.15) is 0 Å². The van der Waals surface area contributed by atoms with Crippen molar-refractivity contribution < 1.29 is 4.92 Å². The van der Waals surface area contributed by atoms with Gasteiger partial charge >= 0.3 is 0 Å². The maximum atomic E-state index is 12.0. The Morgan fingerprint density at radius 2 is 1.41 bits per heavy atom. The Hall–Kier alpha value is -4.81. The lowest BCUT2D eigenvalue weighted by molar-refractivity contribution is -0.384. The maximum Gasteiger partial charge on any atom is 0.277 e. The maximum absolute atomic E-state index is 12.0. The van der Waals surface area contributed by atoms with Crippen LogP contribution < -0.4 is 0 Å². The van der Waals surface area contributed by atoms with Crippen molar-refractivity contribution in [1.82, 2.24) is 9.55 Å². The zero-order chi connectivity index (χ0) is 24.9. The molecule has 0 fully saturated rings. The zero-order valence-electron chi connectivity index (χ0n) is 19.5. The fraction of sp³-hybridized carbons (Fsp3) is 0. The molecular weight excluding hydrogens is 478 g/mol. The second-order valence-corrected chi connectivity index (χ2v) is 9.92. The Balaban J connectivity index is 1.74. The first-order chi connectivity index (χ1) is 18.2. The van der Waals surface area contributed by atoms with Crippen molar-refractivity contribution in [2.24, 2.45) is 0 Å². The molecule has 2 aromatic heterocycles. The number of para-hydroxylation sites is 2. The monoisotopic (exact) mass is 497 g/mol. The van der Waals surface area contributed by atoms with Gasteiger partial charge in [0.1, 0.15) is 5.82 Å². The Morgan fingerprint density at radius 3 is 2.19 bits per heavy atom. The average molecular weight is 498 g/mol. The second-order valence-electron chi connectivity index (χ2n) is 8.84. The molecule has 6 heteroatoms. The number of thiophene rings is 1. The molecule has 7 aromatic rings. The summed E-state index contributed by atoms with van der Waals surface area (Å²) in [5.41, 5.74) is 5.05. The molecule has 0 aliphatic heterocycles. The summed E-state index contributed by atoms with van der Waals surface area (Å²) in [6.07, 6.45) is 0. The van der Waals surface area contributed by atoms with Crippen LogP contribution >= 0.6 is 11.3 Å². The first-order valence-corrected chi connectivity index (χ1v) is 12.7. The van der Waals surface area contributed by atoms with E-state index >= 15 is 0 Å². The van der Waals surface area contributed by atoms with Crippen LogP contribution in [0.25, 0.3) is 59.4 Å². The van der Waals surface area contributed by atoms with E-state index in [-0.39, 0.29) is 10.6 Å². The number of nitro groups is 1. The van der Waals surface area contributed by atoms with Crippen molar-refractivity contribution in [2.45, 2.75) is 0 Å². The third-order valence-corrected chi connectivity index (χ3v) is 7.82. The van der Waals surface area contributed by atoms with E-state index in [9.17, 15) is 10.1 Å². The van der Waals surface area contributed by atoms with E-state index in [2.05, 4.69) is 41.0 Å². The highest BCUT2D eigenvalue weighted by atomic mass is 32.1. The van der Waals surface area contributed by atoms with E-state index in [0.29, 0.717) is 5.56 Å². The highest BCUT2D eigenvalue weighted by molar-refractivity contribution is 7.26. The van der Waals surface area contributed by atoms with Crippen LogP contribution in [0.4, 0.5) is 5.69 Å². The number of rotatable bonds is 4. The number of fused-ring (bicyclic) bond motifs is 5. The number of nitrogens with zero attached hydrogens (tertiary/aromatic N) is 3. The quantitative estimate of drug-likeness (QED) is 0.181. The van der Waals surface area contributed by atoms with Gasteiger partial charge < -0.3 is 0 Å². The number of aromatic nitrogens is 2. The van der Waals surface area contributed by atoms with Crippen molar-refractivity contribution in [3.05, 3.63) is 125 Å². The Kier molecular flexibility index (Phi) is 4.87. The van der Waals surface area contributed by atoms with Gasteiger partial charge in [0.05, 0.1) is 21.5 Å². The molecule has 5 aromatic carbocycles. The van der Waals surface area contributed by atoms with Crippen LogP contribution in [0.5, 0.6) is 0 Å². The van der Waals surface area contributed by atoms with Crippen LogP contribution in [0.3, 0.4) is 0 Å². The number of hydrogen-bond acceptors (Lipinski definition) is 4. The van der Waals surface area contributed by atoms with Gasteiger partial charge in [-0.2, -0.15) is 0 Å². The van der Waals surface area contributed by atoms with Crippen molar-refractivity contribution >= 4 is 48.2 Å². The first kappa shape index (κ1) is 21.5. The Morgan fingerprint density at radius 1 is 0.730 bits per heavy atom. The topological polar surface area (TPSA) is 61.0 Å². The van der Waals surface area contributed by atoms with Crippen LogP contribution in [0, 0.1) is 10.1 Å². The van der Waals surface area contributed by atoms with Crippen molar-refractivity contribution in [2.75, 3.05) is 0 Å². The summed E-state index contributed by atoms with van der Waals surface area (Å²) in [6, 6.07) is 37.6. The van der Waals surface area contributed by atoms with Crippen molar-refractivity contribution in [1.29, 1.82) is 0 Å². The minimum absolute atomic E-state index is 0.0692. The molecule has 2 heterocycles. The lowest BCUT2D eigenvalue weighted by Crippen LogP contribution is -1.97. The molecule has 0 saturated carbocycles. The molecule has 0 amide bonds. The van der Waals surface area contributed by atoms with E-state index in [1.165, 1.54) is 4.70 Å². The third kappa shape index (κ3) is 3.34. The SMILES string of the molecule is O=[N+]([O-])c1ccccc1-c1cc2sc3ccccc3c2c2c1nc(-c1ccccc1)n2-c1ccccc1. The largest absolute Gasteiger partial charge is 0.292 e. The molecule has 0 aliphatic rings. The fourth-order valence-electron chi connectivity index (χ4n) is 5.12. The fourth-order valence-corrected chi connectivity index (χ4v) is 6.27. The highest BCUT2D eigenvalue weighted by Crippen LogP contribution is 2.46. The normalized spacial score (nSPS) is 11.5. The Labute approximate surface area is 216 Å². The smallest absolute Gasteiger partial charge is 0.277 e. The lowest BCUT2D eigenvalue weighted by atomic mass is 9.99. The molecule has 0 radical (unpaired) electrons. The molecule has 0 bridgehead atoms. The van der Waals surface area contributed by atoms with Gasteiger partial charge in [-0.3, -0.25) is 14.7 Å². The summed E-state index contributed by atoms with van der Waals surface area (Å²) in [5, 5.41) is 14.3. The highest BCUT2D eigenvalue weighted by Gasteiger charge is 2.25. The Bertz CT molecular complexity index is 1960. The van der Waals surface area contributed by atoms with E-state index in [0.717, 1.165) is 49.1 Å². The van der Waals surface area contributed by atoms with Crippen LogP contribution in [0.2, 0.25) is 0 Å². The number of hydrogen-bond donors (Lipinski definition) is 0. The zero-order valence-corrected chi connectivity index (χ0v) is 20.4. The van der Waals surface area contributed by atoms with Crippen LogP contribution in [0.15, 0.2) is 115 Å². The van der Waals surface area contributed by atoms with Gasteiger partial charge in [-0.25, -0.2) is 4.98 Å².